The van der Waals surface area contributed by atoms with Crippen LogP contribution in [0.25, 0.3) is 5.90 Å². The molecule has 2 unspecified atom stereocenters. The average Bonchev–Trinajstić information content (AvgIpc) is 3.95. The molecule has 0 spiro atoms. The molecular weight excluding hydrogens is 929 g/mol. The topological polar surface area (TPSA) is 239 Å². The molecule has 2 aliphatic heterocycles. The zero-order chi connectivity index (χ0) is 51.0. The number of carbonyl (C=O) groups is 4. The summed E-state index contributed by atoms with van der Waals surface area (Å²) < 4.78 is 126. The first-order chi connectivity index (χ1) is 30.5. The Labute approximate surface area is 409 Å². The number of aliphatic carboxylic acids is 2. The number of esters is 2. The summed E-state index contributed by atoms with van der Waals surface area (Å²) in [6.07, 6.45) is 2.05. The van der Waals surface area contributed by atoms with Gasteiger partial charge in [-0.1, -0.05) is 0 Å². The Morgan fingerprint density at radius 1 is 0.552 bits per heavy atom. The van der Waals surface area contributed by atoms with Gasteiger partial charge in [0.25, 0.3) is 0 Å². The maximum absolute atomic E-state index is 12.7. The van der Waals surface area contributed by atoms with Gasteiger partial charge >= 0.3 is 53.4 Å². The van der Waals surface area contributed by atoms with Gasteiger partial charge in [-0.25, -0.2) is 49.5 Å². The molecule has 2 saturated heterocycles. The Kier molecular flexibility index (Phi) is 31.4. The molecule has 390 valence electrons. The SMILES string of the molecule is CC1CCCO1.CC1CCCO1.CCOC(=O)C1(O)CCC(F)(F)CC1.CCOC(=O)C1CCC(F)(F)CC1.COC1(C(=O)O)CCC(F)(F)CC1.O=C(O)C1(O)CCC(F)(F)CC1.[NH-]O.[Na+]. The van der Waals surface area contributed by atoms with E-state index in [2.05, 4.69) is 18.6 Å². The number of hydrogen-bond donors (Lipinski definition) is 5. The molecule has 6 aliphatic rings. The fourth-order valence-corrected chi connectivity index (χ4v) is 7.28. The van der Waals surface area contributed by atoms with E-state index >= 15 is 0 Å². The van der Waals surface area contributed by atoms with Crippen molar-refractivity contribution in [2.45, 2.75) is 209 Å². The molecule has 0 aromatic carbocycles. The first-order valence-corrected chi connectivity index (χ1v) is 22.3. The van der Waals surface area contributed by atoms with Crippen LogP contribution in [0.2, 0.25) is 0 Å². The van der Waals surface area contributed by atoms with Crippen molar-refractivity contribution >= 4 is 23.9 Å². The van der Waals surface area contributed by atoms with Gasteiger partial charge in [-0.15, -0.1) is 0 Å². The van der Waals surface area contributed by atoms with E-state index in [1.54, 1.807) is 13.8 Å². The van der Waals surface area contributed by atoms with Crippen molar-refractivity contribution in [1.29, 1.82) is 0 Å². The van der Waals surface area contributed by atoms with Crippen LogP contribution in [0.5, 0.6) is 0 Å². The van der Waals surface area contributed by atoms with Crippen LogP contribution in [0, 0.1) is 5.92 Å². The molecule has 4 aliphatic carbocycles. The summed E-state index contributed by atoms with van der Waals surface area (Å²) in [7, 11) is 1.25. The molecule has 24 heteroatoms. The molecule has 6 fully saturated rings. The Morgan fingerprint density at radius 2 is 0.896 bits per heavy atom. The number of halogens is 8. The predicted molar refractivity (Wildman–Crippen MR) is 221 cm³/mol. The number of carbonyl (C=O) groups excluding carboxylic acids is 2. The minimum absolute atomic E-state index is 0. The predicted octanol–water partition coefficient (Wildman–Crippen LogP) is 6.34. The molecule has 4 saturated carbocycles. The van der Waals surface area contributed by atoms with Crippen LogP contribution in [0.4, 0.5) is 35.1 Å². The number of methoxy groups -OCH3 is 1. The van der Waals surface area contributed by atoms with E-state index in [1.165, 1.54) is 32.8 Å². The monoisotopic (exact) mass is 1000 g/mol. The van der Waals surface area contributed by atoms with Crippen molar-refractivity contribution in [3.8, 4) is 0 Å². The summed E-state index contributed by atoms with van der Waals surface area (Å²) in [6.45, 7) is 10.0. The zero-order valence-electron chi connectivity index (χ0n) is 39.6. The summed E-state index contributed by atoms with van der Waals surface area (Å²) in [4.78, 5) is 43.5. The van der Waals surface area contributed by atoms with Gasteiger partial charge in [-0.2, -0.15) is 0 Å². The summed E-state index contributed by atoms with van der Waals surface area (Å²) in [5, 5.41) is 42.5. The van der Waals surface area contributed by atoms with Crippen molar-refractivity contribution in [2.24, 2.45) is 5.92 Å². The van der Waals surface area contributed by atoms with Crippen LogP contribution in [-0.4, -0.2) is 136 Å². The number of aliphatic hydroxyl groups is 2. The average molecular weight is 1000 g/mol. The number of ether oxygens (including phenoxy) is 5. The first-order valence-electron chi connectivity index (χ1n) is 22.3. The number of nitrogens with one attached hydrogen (secondary N) is 1. The van der Waals surface area contributed by atoms with Crippen LogP contribution in [0.3, 0.4) is 0 Å². The normalized spacial score (nSPS) is 25.4. The third-order valence-electron chi connectivity index (χ3n) is 11.9. The second-order valence-corrected chi connectivity index (χ2v) is 17.2. The van der Waals surface area contributed by atoms with E-state index in [0.717, 1.165) is 13.2 Å². The third kappa shape index (κ3) is 26.2. The Morgan fingerprint density at radius 3 is 1.16 bits per heavy atom. The molecule has 0 radical (unpaired) electrons. The third-order valence-corrected chi connectivity index (χ3v) is 11.9. The van der Waals surface area contributed by atoms with Gasteiger partial charge in [0.2, 0.25) is 23.7 Å². The van der Waals surface area contributed by atoms with Crippen LogP contribution in [0.15, 0.2) is 0 Å². The van der Waals surface area contributed by atoms with Crippen LogP contribution in [0.1, 0.15) is 156 Å². The molecule has 0 aromatic rings. The molecule has 6 N–H and O–H groups in total. The molecule has 2 atom stereocenters. The first kappa shape index (κ1) is 67.1. The summed E-state index contributed by atoms with van der Waals surface area (Å²) >= 11 is 0. The van der Waals surface area contributed by atoms with Crippen molar-refractivity contribution in [3.05, 3.63) is 5.90 Å². The van der Waals surface area contributed by atoms with Crippen LogP contribution < -0.4 is 29.6 Å². The molecule has 2 heterocycles. The Bertz CT molecular complexity index is 1380. The number of alkyl halides is 8. The second kappa shape index (κ2) is 31.4. The van der Waals surface area contributed by atoms with Crippen molar-refractivity contribution < 1.29 is 133 Å². The summed E-state index contributed by atoms with van der Waals surface area (Å²) in [5.74, 6) is -10.1. The van der Waals surface area contributed by atoms with Gasteiger partial charge in [0, 0.05) is 71.7 Å². The molecule has 67 heavy (non-hydrogen) atoms. The number of carboxylic acid groups (broad SMARTS) is 2. The van der Waals surface area contributed by atoms with Gasteiger partial charge in [-0.05, 0) is 105 Å². The van der Waals surface area contributed by atoms with E-state index in [-0.39, 0.29) is 112 Å². The largest absolute Gasteiger partial charge is 1.00 e. The van der Waals surface area contributed by atoms with E-state index in [4.69, 9.17) is 40.3 Å². The van der Waals surface area contributed by atoms with E-state index in [9.17, 15) is 64.5 Å². The molecule has 0 bridgehead atoms. The summed E-state index contributed by atoms with van der Waals surface area (Å²) in [6, 6.07) is 0. The number of rotatable bonds is 7. The van der Waals surface area contributed by atoms with Crippen molar-refractivity contribution in [3.63, 3.8) is 0 Å². The number of hydrogen-bond acceptors (Lipinski definition) is 12. The molecule has 0 aromatic heterocycles. The minimum Gasteiger partial charge on any atom is -0.553 e. The maximum Gasteiger partial charge on any atom is 1.00 e. The van der Waals surface area contributed by atoms with Gasteiger partial charge in [0.05, 0.1) is 31.3 Å². The van der Waals surface area contributed by atoms with Crippen LogP contribution >= 0.6 is 0 Å². The smallest absolute Gasteiger partial charge is 0.553 e. The van der Waals surface area contributed by atoms with Gasteiger partial charge in [0.15, 0.2) is 16.8 Å². The Balaban J connectivity index is 0. The fourth-order valence-electron chi connectivity index (χ4n) is 7.28. The van der Waals surface area contributed by atoms with Gasteiger partial charge < -0.3 is 55.2 Å². The van der Waals surface area contributed by atoms with Gasteiger partial charge in [-0.3, -0.25) is 4.79 Å². The summed E-state index contributed by atoms with van der Waals surface area (Å²) in [5.41, 5.74) is -5.01. The minimum atomic E-state index is -2.80. The fraction of sp³-hybridized carbons (Fsp3) is 0.907. The number of carboxylic acids is 2. The zero-order valence-corrected chi connectivity index (χ0v) is 41.6. The van der Waals surface area contributed by atoms with Crippen molar-refractivity contribution in [1.82, 2.24) is 0 Å². The quantitative estimate of drug-likeness (QED) is 0.0810. The van der Waals surface area contributed by atoms with E-state index in [1.807, 2.05) is 0 Å². The Hall–Kier alpha value is -1.96. The second-order valence-electron chi connectivity index (χ2n) is 17.2. The molecule has 0 amide bonds. The molecule has 15 nitrogen and oxygen atoms in total. The van der Waals surface area contributed by atoms with Gasteiger partial charge in [0.1, 0.15) is 0 Å². The van der Waals surface area contributed by atoms with Crippen molar-refractivity contribution in [2.75, 3.05) is 33.5 Å². The molecular formula is C43H72F8NNaO14. The maximum atomic E-state index is 12.7. The van der Waals surface area contributed by atoms with Crippen LogP contribution in [-0.2, 0) is 42.9 Å². The molecule has 6 rings (SSSR count). The van der Waals surface area contributed by atoms with E-state index in [0.29, 0.717) is 18.8 Å². The van der Waals surface area contributed by atoms with E-state index < -0.39 is 96.9 Å². The standard InChI is InChI=1S/C9H14F2O3.C9H14F2O2.C8H12F2O3.C7H10F2O3.2C5H10O.H2NO.Na/c1-2-14-7(12)8(13)3-5-9(10,11)6-4-8;1-2-13-8(12)7-3-5-9(10,11)6-4-7;1-13-7(6(11)12)2-4-8(9,10)5-3-7;8-7(9)3-1-6(12,2-4-7)5(10)11;2*1-5-3-2-4-6-5;1-2;/h13H,2-6H2,1H3;7H,2-6H2,1H3;2-5H2,1H3,(H,11,12);12H,1-4H2,(H,10,11);2*5H,2-4H2,1H3;1-2H;/q;;;;;;-1;+1.